The van der Waals surface area contributed by atoms with Gasteiger partial charge in [-0.2, -0.15) is 0 Å². The predicted octanol–water partition coefficient (Wildman–Crippen LogP) is 11.1. The second-order valence-corrected chi connectivity index (χ2v) is 12.3. The Balaban J connectivity index is 1.30. The Kier molecular flexibility index (Phi) is 5.70. The SMILES string of the molecule is CC(C)(C)n1c2ccccc2c2cc(N(c3ccccc3)c3ccc(-n4c5ccccc5c5ccccc54)cc3)ccc21. The second-order valence-electron chi connectivity index (χ2n) is 12.3. The van der Waals surface area contributed by atoms with Crippen LogP contribution in [0.25, 0.3) is 49.3 Å². The molecule has 0 unspecified atom stereocenters. The molecule has 3 nitrogen and oxygen atoms in total. The number of anilines is 3. The van der Waals surface area contributed by atoms with Crippen LogP contribution in [0.5, 0.6) is 0 Å². The second kappa shape index (κ2) is 9.64. The van der Waals surface area contributed by atoms with Crippen LogP contribution in [-0.4, -0.2) is 9.13 Å². The van der Waals surface area contributed by atoms with Gasteiger partial charge >= 0.3 is 0 Å². The molecule has 0 saturated carbocycles. The number of benzene rings is 6. The van der Waals surface area contributed by atoms with Crippen molar-refractivity contribution in [3.63, 3.8) is 0 Å². The zero-order valence-corrected chi connectivity index (χ0v) is 24.7. The van der Waals surface area contributed by atoms with E-state index in [-0.39, 0.29) is 5.54 Å². The van der Waals surface area contributed by atoms with Crippen LogP contribution in [0.15, 0.2) is 146 Å². The van der Waals surface area contributed by atoms with Crippen LogP contribution in [0.2, 0.25) is 0 Å². The maximum atomic E-state index is 2.47. The molecule has 3 heteroatoms. The fraction of sp³-hybridized carbons (Fsp3) is 0.100. The van der Waals surface area contributed by atoms with Gasteiger partial charge in [-0.3, -0.25) is 0 Å². The molecule has 2 aromatic heterocycles. The molecule has 0 fully saturated rings. The molecule has 0 bridgehead atoms. The molecule has 8 rings (SSSR count). The summed E-state index contributed by atoms with van der Waals surface area (Å²) in [5, 5.41) is 5.10. The molecule has 0 spiro atoms. The first kappa shape index (κ1) is 25.4. The lowest BCUT2D eigenvalue weighted by Crippen LogP contribution is -2.21. The first-order chi connectivity index (χ1) is 21.0. The third-order valence-corrected chi connectivity index (χ3v) is 8.55. The maximum Gasteiger partial charge on any atom is 0.0541 e. The molecule has 2 heterocycles. The molecule has 0 amide bonds. The minimum atomic E-state index is -0.0371. The first-order valence-corrected chi connectivity index (χ1v) is 15.0. The minimum Gasteiger partial charge on any atom is -0.335 e. The summed E-state index contributed by atoms with van der Waals surface area (Å²) < 4.78 is 4.84. The van der Waals surface area contributed by atoms with Crippen molar-refractivity contribution in [2.45, 2.75) is 26.3 Å². The van der Waals surface area contributed by atoms with Crippen molar-refractivity contribution in [2.75, 3.05) is 4.90 Å². The van der Waals surface area contributed by atoms with Crippen molar-refractivity contribution in [3.8, 4) is 5.69 Å². The van der Waals surface area contributed by atoms with Crippen molar-refractivity contribution in [1.82, 2.24) is 9.13 Å². The number of rotatable bonds is 4. The molecule has 0 N–H and O–H groups in total. The summed E-state index contributed by atoms with van der Waals surface area (Å²) >= 11 is 0. The van der Waals surface area contributed by atoms with Gasteiger partial charge in [-0.15, -0.1) is 0 Å². The van der Waals surface area contributed by atoms with Gasteiger partial charge in [0.2, 0.25) is 0 Å². The molecule has 43 heavy (non-hydrogen) atoms. The normalized spacial score (nSPS) is 12.1. The molecule has 0 aliphatic carbocycles. The van der Waals surface area contributed by atoms with Crippen LogP contribution in [0.1, 0.15) is 20.8 Å². The number of fused-ring (bicyclic) bond motifs is 6. The summed E-state index contributed by atoms with van der Waals surface area (Å²) in [4.78, 5) is 2.36. The Morgan fingerprint density at radius 2 is 0.884 bits per heavy atom. The molecule has 0 radical (unpaired) electrons. The highest BCUT2D eigenvalue weighted by atomic mass is 15.1. The summed E-state index contributed by atoms with van der Waals surface area (Å²) in [7, 11) is 0. The lowest BCUT2D eigenvalue weighted by atomic mass is 10.1. The van der Waals surface area contributed by atoms with Crippen LogP contribution in [0, 0.1) is 0 Å². The number of hydrogen-bond donors (Lipinski definition) is 0. The van der Waals surface area contributed by atoms with Crippen molar-refractivity contribution in [2.24, 2.45) is 0 Å². The topological polar surface area (TPSA) is 13.1 Å². The zero-order valence-electron chi connectivity index (χ0n) is 24.7. The predicted molar refractivity (Wildman–Crippen MR) is 183 cm³/mol. The van der Waals surface area contributed by atoms with E-state index in [1.807, 2.05) is 0 Å². The molecule has 208 valence electrons. The van der Waals surface area contributed by atoms with Crippen molar-refractivity contribution in [1.29, 1.82) is 0 Å². The van der Waals surface area contributed by atoms with Crippen molar-refractivity contribution in [3.05, 3.63) is 146 Å². The molecule has 0 aliphatic rings. The van der Waals surface area contributed by atoms with Crippen LogP contribution >= 0.6 is 0 Å². The standard InChI is InChI=1S/C40H33N3/c1-40(2,3)43-38-20-12-9-17-34(38)35-27-31(25-26-39(35)43)41(28-13-5-4-6-14-28)29-21-23-30(24-22-29)42-36-18-10-7-15-32(36)33-16-8-11-19-37(33)42/h4-27H,1-3H3. The van der Waals surface area contributed by atoms with E-state index in [0.717, 1.165) is 22.7 Å². The molecule has 6 aromatic carbocycles. The summed E-state index contributed by atoms with van der Waals surface area (Å²) in [6, 6.07) is 52.7. The van der Waals surface area contributed by atoms with E-state index in [9.17, 15) is 0 Å². The summed E-state index contributed by atoms with van der Waals surface area (Å²) in [6.07, 6.45) is 0. The van der Waals surface area contributed by atoms with Crippen LogP contribution < -0.4 is 4.90 Å². The Hall–Kier alpha value is -5.28. The van der Waals surface area contributed by atoms with Gasteiger partial charge in [-0.05, 0) is 93.6 Å². The molecule has 0 aliphatic heterocycles. The Bertz CT molecular complexity index is 2210. The summed E-state index contributed by atoms with van der Waals surface area (Å²) in [5.74, 6) is 0. The fourth-order valence-electron chi connectivity index (χ4n) is 6.80. The van der Waals surface area contributed by atoms with Crippen LogP contribution in [0.4, 0.5) is 17.1 Å². The molecular weight excluding hydrogens is 522 g/mol. The van der Waals surface area contributed by atoms with Gasteiger partial charge in [0.05, 0.1) is 11.0 Å². The Labute approximate surface area is 251 Å². The Morgan fingerprint density at radius 3 is 1.49 bits per heavy atom. The van der Waals surface area contributed by atoms with Gasteiger partial charge in [-0.1, -0.05) is 72.8 Å². The highest BCUT2D eigenvalue weighted by molar-refractivity contribution is 6.10. The summed E-state index contributed by atoms with van der Waals surface area (Å²) in [6.45, 7) is 6.84. The average molecular weight is 556 g/mol. The van der Waals surface area contributed by atoms with E-state index in [2.05, 4.69) is 180 Å². The van der Waals surface area contributed by atoms with E-state index in [1.165, 1.54) is 43.6 Å². The fourth-order valence-corrected chi connectivity index (χ4v) is 6.80. The Morgan fingerprint density at radius 1 is 0.419 bits per heavy atom. The summed E-state index contributed by atoms with van der Waals surface area (Å²) in [5.41, 5.74) is 9.47. The smallest absolute Gasteiger partial charge is 0.0541 e. The van der Waals surface area contributed by atoms with Gasteiger partial charge in [0.25, 0.3) is 0 Å². The lowest BCUT2D eigenvalue weighted by molar-refractivity contribution is 0.423. The third kappa shape index (κ3) is 4.04. The molecule has 8 aromatic rings. The number of para-hydroxylation sites is 4. The van der Waals surface area contributed by atoms with Gasteiger partial charge in [0.1, 0.15) is 0 Å². The molecule has 0 saturated heterocycles. The highest BCUT2D eigenvalue weighted by Gasteiger charge is 2.22. The van der Waals surface area contributed by atoms with Gasteiger partial charge in [-0.25, -0.2) is 0 Å². The monoisotopic (exact) mass is 555 g/mol. The van der Waals surface area contributed by atoms with E-state index >= 15 is 0 Å². The maximum absolute atomic E-state index is 2.47. The van der Waals surface area contributed by atoms with Gasteiger partial charge < -0.3 is 14.0 Å². The highest BCUT2D eigenvalue weighted by Crippen LogP contribution is 2.41. The zero-order chi connectivity index (χ0) is 29.1. The lowest BCUT2D eigenvalue weighted by Gasteiger charge is -2.27. The van der Waals surface area contributed by atoms with E-state index in [4.69, 9.17) is 0 Å². The van der Waals surface area contributed by atoms with E-state index in [1.54, 1.807) is 0 Å². The van der Waals surface area contributed by atoms with Crippen molar-refractivity contribution >= 4 is 60.7 Å². The van der Waals surface area contributed by atoms with Gasteiger partial charge in [0.15, 0.2) is 0 Å². The van der Waals surface area contributed by atoms with Crippen molar-refractivity contribution < 1.29 is 0 Å². The molecule has 0 atom stereocenters. The average Bonchev–Trinajstić information content (AvgIpc) is 3.55. The van der Waals surface area contributed by atoms with E-state index in [0.29, 0.717) is 0 Å². The first-order valence-electron chi connectivity index (χ1n) is 15.0. The van der Waals surface area contributed by atoms with Gasteiger partial charge in [0, 0.05) is 60.9 Å². The van der Waals surface area contributed by atoms with Crippen LogP contribution in [-0.2, 0) is 5.54 Å². The third-order valence-electron chi connectivity index (χ3n) is 8.55. The number of aromatic nitrogens is 2. The minimum absolute atomic E-state index is 0.0371. The molecular formula is C40H33N3. The van der Waals surface area contributed by atoms with Crippen LogP contribution in [0.3, 0.4) is 0 Å². The largest absolute Gasteiger partial charge is 0.335 e. The quantitative estimate of drug-likeness (QED) is 0.210. The number of hydrogen-bond acceptors (Lipinski definition) is 1. The van der Waals surface area contributed by atoms with E-state index < -0.39 is 0 Å². The number of nitrogens with zero attached hydrogens (tertiary/aromatic N) is 3.